The van der Waals surface area contributed by atoms with Crippen LogP contribution in [0.2, 0.25) is 0 Å². The van der Waals surface area contributed by atoms with Crippen LogP contribution in [-0.4, -0.2) is 22.8 Å². The molecule has 0 fully saturated rings. The molecule has 1 heterocycles. The fraction of sp³-hybridized carbons (Fsp3) is 0.174. The smallest absolute Gasteiger partial charge is 0.274 e. The van der Waals surface area contributed by atoms with Crippen molar-refractivity contribution < 1.29 is 14.3 Å². The van der Waals surface area contributed by atoms with Crippen molar-refractivity contribution in [1.29, 1.82) is 0 Å². The molecule has 0 aliphatic carbocycles. The number of nitrogens with zero attached hydrogens (tertiary/aromatic N) is 1. The molecule has 148 valence electrons. The van der Waals surface area contributed by atoms with Gasteiger partial charge in [-0.15, -0.1) is 0 Å². The van der Waals surface area contributed by atoms with E-state index in [1.165, 1.54) is 6.92 Å². The third-order valence-electron chi connectivity index (χ3n) is 4.06. The number of carbonyl (C=O) groups is 2. The summed E-state index contributed by atoms with van der Waals surface area (Å²) in [6.07, 6.45) is 1.69. The van der Waals surface area contributed by atoms with Crippen molar-refractivity contribution in [3.05, 3.63) is 78.1 Å². The number of nitrogens with one attached hydrogen (secondary N) is 2. The average Bonchev–Trinajstić information content (AvgIpc) is 2.70. The Kier molecular flexibility index (Phi) is 6.24. The van der Waals surface area contributed by atoms with Crippen LogP contribution < -0.4 is 15.4 Å². The molecule has 0 aliphatic heterocycles. The summed E-state index contributed by atoms with van der Waals surface area (Å²) in [7, 11) is 0. The second-order valence-corrected chi connectivity index (χ2v) is 6.84. The molecular weight excluding hydrogens is 366 g/mol. The topological polar surface area (TPSA) is 80.3 Å². The SMILES string of the molecule is CC(=O)c1ccc(Nc2ccc(C(=O)Nc3ccc(OC(C)C)cc3)nc2)cc1. The number of benzene rings is 2. The summed E-state index contributed by atoms with van der Waals surface area (Å²) in [6.45, 7) is 5.45. The molecule has 0 atom stereocenters. The molecule has 0 radical (unpaired) electrons. The van der Waals surface area contributed by atoms with Gasteiger partial charge >= 0.3 is 0 Å². The molecule has 1 aromatic heterocycles. The molecule has 0 saturated carbocycles. The molecule has 2 aromatic carbocycles. The maximum atomic E-state index is 12.4. The highest BCUT2D eigenvalue weighted by Gasteiger charge is 2.08. The number of hydrogen-bond donors (Lipinski definition) is 2. The van der Waals surface area contributed by atoms with E-state index in [9.17, 15) is 9.59 Å². The van der Waals surface area contributed by atoms with E-state index in [0.29, 0.717) is 16.9 Å². The van der Waals surface area contributed by atoms with Gasteiger partial charge in [-0.2, -0.15) is 0 Å². The van der Waals surface area contributed by atoms with Crippen LogP contribution in [-0.2, 0) is 0 Å². The van der Waals surface area contributed by atoms with E-state index in [1.807, 2.05) is 38.1 Å². The Bertz CT molecular complexity index is 979. The zero-order valence-electron chi connectivity index (χ0n) is 16.6. The summed E-state index contributed by atoms with van der Waals surface area (Å²) in [5.41, 5.74) is 3.21. The number of aromatic nitrogens is 1. The van der Waals surface area contributed by atoms with Gasteiger partial charge in [0.25, 0.3) is 5.91 Å². The Morgan fingerprint density at radius 2 is 1.48 bits per heavy atom. The molecule has 3 rings (SSSR count). The van der Waals surface area contributed by atoms with Gasteiger partial charge in [0.15, 0.2) is 5.78 Å². The third kappa shape index (κ3) is 5.65. The molecular formula is C23H23N3O3. The highest BCUT2D eigenvalue weighted by atomic mass is 16.5. The zero-order valence-corrected chi connectivity index (χ0v) is 16.6. The van der Waals surface area contributed by atoms with E-state index in [0.717, 1.165) is 17.1 Å². The first-order chi connectivity index (χ1) is 13.9. The van der Waals surface area contributed by atoms with Gasteiger partial charge in [-0.25, -0.2) is 4.98 Å². The van der Waals surface area contributed by atoms with Gasteiger partial charge in [-0.3, -0.25) is 9.59 Å². The third-order valence-corrected chi connectivity index (χ3v) is 4.06. The fourth-order valence-corrected chi connectivity index (χ4v) is 2.64. The lowest BCUT2D eigenvalue weighted by molar-refractivity contribution is 0.101. The van der Waals surface area contributed by atoms with Crippen LogP contribution in [0.3, 0.4) is 0 Å². The fourth-order valence-electron chi connectivity index (χ4n) is 2.64. The summed E-state index contributed by atoms with van der Waals surface area (Å²) >= 11 is 0. The van der Waals surface area contributed by atoms with Crippen molar-refractivity contribution in [2.75, 3.05) is 10.6 Å². The van der Waals surface area contributed by atoms with Gasteiger partial charge < -0.3 is 15.4 Å². The van der Waals surface area contributed by atoms with Crippen LogP contribution >= 0.6 is 0 Å². The van der Waals surface area contributed by atoms with Gasteiger partial charge in [0.05, 0.1) is 18.0 Å². The number of ether oxygens (including phenoxy) is 1. The number of amides is 1. The minimum absolute atomic E-state index is 0.0238. The van der Waals surface area contributed by atoms with Gasteiger partial charge in [0.1, 0.15) is 11.4 Å². The first-order valence-corrected chi connectivity index (χ1v) is 9.33. The highest BCUT2D eigenvalue weighted by Crippen LogP contribution is 2.19. The minimum Gasteiger partial charge on any atom is -0.491 e. The van der Waals surface area contributed by atoms with E-state index < -0.39 is 0 Å². The summed E-state index contributed by atoms with van der Waals surface area (Å²) in [6, 6.07) is 17.8. The number of pyridine rings is 1. The molecule has 3 aromatic rings. The Morgan fingerprint density at radius 1 is 0.862 bits per heavy atom. The number of anilines is 3. The molecule has 1 amide bonds. The monoisotopic (exact) mass is 389 g/mol. The normalized spacial score (nSPS) is 10.5. The molecule has 2 N–H and O–H groups in total. The summed E-state index contributed by atoms with van der Waals surface area (Å²) in [4.78, 5) is 27.9. The van der Waals surface area contributed by atoms with Crippen molar-refractivity contribution in [2.24, 2.45) is 0 Å². The second kappa shape index (κ2) is 9.01. The standard InChI is InChI=1S/C23H23N3O3/c1-15(2)29-21-11-8-19(9-12-21)26-23(28)22-13-10-20(14-24-22)25-18-6-4-17(5-7-18)16(3)27/h4-15,25H,1-3H3,(H,26,28). The number of rotatable bonds is 7. The first kappa shape index (κ1) is 20.1. The predicted molar refractivity (Wildman–Crippen MR) is 114 cm³/mol. The van der Waals surface area contributed by atoms with Gasteiger partial charge in [-0.1, -0.05) is 0 Å². The molecule has 0 saturated heterocycles. The van der Waals surface area contributed by atoms with Crippen LogP contribution in [0, 0.1) is 0 Å². The van der Waals surface area contributed by atoms with E-state index in [2.05, 4.69) is 15.6 Å². The largest absolute Gasteiger partial charge is 0.491 e. The van der Waals surface area contributed by atoms with Crippen molar-refractivity contribution in [3.8, 4) is 5.75 Å². The van der Waals surface area contributed by atoms with E-state index in [4.69, 9.17) is 4.74 Å². The first-order valence-electron chi connectivity index (χ1n) is 9.33. The average molecular weight is 389 g/mol. The lowest BCUT2D eigenvalue weighted by Crippen LogP contribution is -2.13. The molecule has 6 nitrogen and oxygen atoms in total. The number of hydrogen-bond acceptors (Lipinski definition) is 5. The molecule has 29 heavy (non-hydrogen) atoms. The van der Waals surface area contributed by atoms with Crippen LogP contribution in [0.25, 0.3) is 0 Å². The second-order valence-electron chi connectivity index (χ2n) is 6.84. The van der Waals surface area contributed by atoms with Gasteiger partial charge in [0.2, 0.25) is 0 Å². The van der Waals surface area contributed by atoms with E-state index in [-0.39, 0.29) is 17.8 Å². The highest BCUT2D eigenvalue weighted by molar-refractivity contribution is 6.03. The van der Waals surface area contributed by atoms with E-state index >= 15 is 0 Å². The Hall–Kier alpha value is -3.67. The van der Waals surface area contributed by atoms with Crippen LogP contribution in [0.15, 0.2) is 66.9 Å². The van der Waals surface area contributed by atoms with Crippen LogP contribution in [0.4, 0.5) is 17.1 Å². The van der Waals surface area contributed by atoms with Crippen molar-refractivity contribution in [1.82, 2.24) is 4.98 Å². The summed E-state index contributed by atoms with van der Waals surface area (Å²) in [5.74, 6) is 0.485. The summed E-state index contributed by atoms with van der Waals surface area (Å²) < 4.78 is 5.59. The van der Waals surface area contributed by atoms with Gasteiger partial charge in [0, 0.05) is 16.9 Å². The van der Waals surface area contributed by atoms with Crippen molar-refractivity contribution in [2.45, 2.75) is 26.9 Å². The van der Waals surface area contributed by atoms with E-state index in [1.54, 1.807) is 42.6 Å². The number of ketones is 1. The van der Waals surface area contributed by atoms with Crippen LogP contribution in [0.5, 0.6) is 5.75 Å². The van der Waals surface area contributed by atoms with Crippen molar-refractivity contribution >= 4 is 28.8 Å². The lowest BCUT2D eigenvalue weighted by Gasteiger charge is -2.11. The zero-order chi connectivity index (χ0) is 20.8. The number of carbonyl (C=O) groups excluding carboxylic acids is 2. The molecule has 0 bridgehead atoms. The minimum atomic E-state index is -0.292. The van der Waals surface area contributed by atoms with Crippen LogP contribution in [0.1, 0.15) is 41.6 Å². The quantitative estimate of drug-likeness (QED) is 0.552. The molecule has 0 aliphatic rings. The lowest BCUT2D eigenvalue weighted by atomic mass is 10.1. The molecule has 0 spiro atoms. The Labute approximate surface area is 169 Å². The van der Waals surface area contributed by atoms with Gasteiger partial charge in [-0.05, 0) is 81.4 Å². The maximum Gasteiger partial charge on any atom is 0.274 e. The predicted octanol–water partition coefficient (Wildman–Crippen LogP) is 5.07. The number of Topliss-reactive ketones (excluding diaryl/α,β-unsaturated/α-hetero) is 1. The summed E-state index contributed by atoms with van der Waals surface area (Å²) in [5, 5.41) is 6.00. The molecule has 6 heteroatoms. The molecule has 0 unspecified atom stereocenters. The maximum absolute atomic E-state index is 12.4. The Morgan fingerprint density at radius 3 is 2.03 bits per heavy atom. The Balaban J connectivity index is 1.60. The van der Waals surface area contributed by atoms with Crippen molar-refractivity contribution in [3.63, 3.8) is 0 Å².